The summed E-state index contributed by atoms with van der Waals surface area (Å²) in [4.78, 5) is 0. The lowest BCUT2D eigenvalue weighted by Gasteiger charge is -2.22. The van der Waals surface area contributed by atoms with Crippen molar-refractivity contribution in [3.63, 3.8) is 0 Å². The number of ether oxygens (including phenoxy) is 1. The van der Waals surface area contributed by atoms with Gasteiger partial charge in [-0.3, -0.25) is 0 Å². The van der Waals surface area contributed by atoms with Crippen LogP contribution in [-0.4, -0.2) is 41.8 Å². The highest BCUT2D eigenvalue weighted by Gasteiger charge is 2.12. The van der Waals surface area contributed by atoms with E-state index in [1.54, 1.807) is 23.1 Å². The zero-order valence-corrected chi connectivity index (χ0v) is 11.1. The maximum Gasteiger partial charge on any atom is 0.174 e. The monoisotopic (exact) mass is 259 g/mol. The summed E-state index contributed by atoms with van der Waals surface area (Å²) in [5.41, 5.74) is 0. The van der Waals surface area contributed by atoms with Crippen molar-refractivity contribution in [2.45, 2.75) is 30.1 Å². The van der Waals surface area contributed by atoms with Crippen LogP contribution in [0.15, 0.2) is 4.34 Å². The van der Waals surface area contributed by atoms with Gasteiger partial charge in [0.15, 0.2) is 4.34 Å². The average molecular weight is 259 g/mol. The van der Waals surface area contributed by atoms with Crippen LogP contribution in [0.5, 0.6) is 0 Å². The van der Waals surface area contributed by atoms with E-state index in [1.165, 1.54) is 0 Å². The van der Waals surface area contributed by atoms with Gasteiger partial charge in [0, 0.05) is 31.6 Å². The molecule has 0 amide bonds. The molecule has 1 aliphatic heterocycles. The lowest BCUT2D eigenvalue weighted by molar-refractivity contribution is 0.0786. The van der Waals surface area contributed by atoms with Crippen LogP contribution in [0.3, 0.4) is 0 Å². The Bertz CT molecular complexity index is 313. The molecular weight excluding hydrogens is 242 g/mol. The van der Waals surface area contributed by atoms with E-state index in [0.29, 0.717) is 6.04 Å². The molecule has 1 aromatic rings. The molecule has 0 unspecified atom stereocenters. The summed E-state index contributed by atoms with van der Waals surface area (Å²) in [6, 6.07) is 0.644. The predicted octanol–water partition coefficient (Wildman–Crippen LogP) is 1.71. The van der Waals surface area contributed by atoms with E-state index < -0.39 is 0 Å². The molecule has 1 aromatic heterocycles. The van der Waals surface area contributed by atoms with E-state index in [2.05, 4.69) is 15.5 Å². The zero-order chi connectivity index (χ0) is 11.2. The number of thioether (sulfide) groups is 1. The highest BCUT2D eigenvalue weighted by Crippen LogP contribution is 2.21. The second kappa shape index (κ2) is 6.54. The molecule has 1 aliphatic rings. The molecular formula is C10H17N3OS2. The van der Waals surface area contributed by atoms with Crippen LogP contribution in [0, 0.1) is 6.92 Å². The van der Waals surface area contributed by atoms with E-state index in [1.807, 2.05) is 6.92 Å². The molecule has 0 bridgehead atoms. The summed E-state index contributed by atoms with van der Waals surface area (Å²) in [5, 5.41) is 12.7. The number of hydrogen-bond acceptors (Lipinski definition) is 6. The minimum atomic E-state index is 0.644. The third-order valence-electron chi connectivity index (χ3n) is 2.49. The van der Waals surface area contributed by atoms with Crippen molar-refractivity contribution in [3.8, 4) is 0 Å². The Morgan fingerprint density at radius 3 is 2.94 bits per heavy atom. The standard InChI is InChI=1S/C10H17N3OS2/c1-8-12-13-10(16-8)15-7-4-11-9-2-5-14-6-3-9/h9,11H,2-7H2,1H3. The van der Waals surface area contributed by atoms with Crippen LogP contribution in [0.4, 0.5) is 0 Å². The van der Waals surface area contributed by atoms with Crippen molar-refractivity contribution < 1.29 is 4.74 Å². The average Bonchev–Trinajstić information content (AvgIpc) is 2.72. The smallest absolute Gasteiger partial charge is 0.174 e. The summed E-state index contributed by atoms with van der Waals surface area (Å²) in [7, 11) is 0. The number of nitrogens with one attached hydrogen (secondary N) is 1. The Morgan fingerprint density at radius 1 is 1.44 bits per heavy atom. The molecule has 16 heavy (non-hydrogen) atoms. The van der Waals surface area contributed by atoms with E-state index in [9.17, 15) is 0 Å². The molecule has 0 spiro atoms. The molecule has 4 nitrogen and oxygen atoms in total. The number of rotatable bonds is 5. The summed E-state index contributed by atoms with van der Waals surface area (Å²) in [5.74, 6) is 1.06. The Kier molecular flexibility index (Phi) is 5.02. The third kappa shape index (κ3) is 4.01. The maximum atomic E-state index is 5.32. The number of aryl methyl sites for hydroxylation is 1. The summed E-state index contributed by atoms with van der Waals surface area (Å²) >= 11 is 3.45. The lowest BCUT2D eigenvalue weighted by atomic mass is 10.1. The normalized spacial score (nSPS) is 17.8. The molecule has 2 rings (SSSR count). The molecule has 0 atom stereocenters. The second-order valence-electron chi connectivity index (χ2n) is 3.78. The Morgan fingerprint density at radius 2 is 2.25 bits per heavy atom. The van der Waals surface area contributed by atoms with Gasteiger partial charge in [0.05, 0.1) is 0 Å². The SMILES string of the molecule is Cc1nnc(SCCNC2CCOCC2)s1. The van der Waals surface area contributed by atoms with Gasteiger partial charge in [-0.1, -0.05) is 23.1 Å². The molecule has 0 aromatic carbocycles. The highest BCUT2D eigenvalue weighted by atomic mass is 32.2. The second-order valence-corrected chi connectivity index (χ2v) is 6.30. The topological polar surface area (TPSA) is 47.0 Å². The molecule has 1 N–H and O–H groups in total. The van der Waals surface area contributed by atoms with E-state index in [0.717, 1.165) is 47.7 Å². The van der Waals surface area contributed by atoms with Crippen LogP contribution in [0.2, 0.25) is 0 Å². The first-order valence-electron chi connectivity index (χ1n) is 5.58. The van der Waals surface area contributed by atoms with E-state index in [4.69, 9.17) is 4.74 Å². The molecule has 2 heterocycles. The Labute approximate surface area is 104 Å². The van der Waals surface area contributed by atoms with Gasteiger partial charge in [0.2, 0.25) is 0 Å². The first kappa shape index (κ1) is 12.3. The van der Waals surface area contributed by atoms with Crippen molar-refractivity contribution in [2.75, 3.05) is 25.5 Å². The first-order valence-corrected chi connectivity index (χ1v) is 7.39. The minimum Gasteiger partial charge on any atom is -0.381 e. The van der Waals surface area contributed by atoms with Crippen LogP contribution in [0.1, 0.15) is 17.8 Å². The summed E-state index contributed by atoms with van der Waals surface area (Å²) in [6.45, 7) is 4.83. The molecule has 1 fully saturated rings. The van der Waals surface area contributed by atoms with Crippen molar-refractivity contribution in [2.24, 2.45) is 0 Å². The third-order valence-corrected chi connectivity index (χ3v) is 4.46. The predicted molar refractivity (Wildman–Crippen MR) is 67.2 cm³/mol. The summed E-state index contributed by atoms with van der Waals surface area (Å²) < 4.78 is 6.39. The summed E-state index contributed by atoms with van der Waals surface area (Å²) in [6.07, 6.45) is 2.28. The number of nitrogens with zero attached hydrogens (tertiary/aromatic N) is 2. The number of aromatic nitrogens is 2. The highest BCUT2D eigenvalue weighted by molar-refractivity contribution is 8.01. The molecule has 6 heteroatoms. The van der Waals surface area contributed by atoms with Crippen molar-refractivity contribution in [1.29, 1.82) is 0 Å². The van der Waals surface area contributed by atoms with Crippen molar-refractivity contribution in [3.05, 3.63) is 5.01 Å². The van der Waals surface area contributed by atoms with Crippen molar-refractivity contribution in [1.82, 2.24) is 15.5 Å². The quantitative estimate of drug-likeness (QED) is 0.644. The van der Waals surface area contributed by atoms with Gasteiger partial charge >= 0.3 is 0 Å². The van der Waals surface area contributed by atoms with E-state index in [-0.39, 0.29) is 0 Å². The zero-order valence-electron chi connectivity index (χ0n) is 9.44. The fourth-order valence-corrected chi connectivity index (χ4v) is 3.40. The fourth-order valence-electron chi connectivity index (χ4n) is 1.64. The van der Waals surface area contributed by atoms with Crippen LogP contribution in [-0.2, 0) is 4.74 Å². The van der Waals surface area contributed by atoms with Crippen LogP contribution < -0.4 is 5.32 Å². The Balaban J connectivity index is 1.57. The molecule has 1 saturated heterocycles. The molecule has 90 valence electrons. The van der Waals surface area contributed by atoms with Gasteiger partial charge in [-0.05, 0) is 19.8 Å². The lowest BCUT2D eigenvalue weighted by Crippen LogP contribution is -2.35. The van der Waals surface area contributed by atoms with Gasteiger partial charge in [0.1, 0.15) is 5.01 Å². The molecule has 0 radical (unpaired) electrons. The van der Waals surface area contributed by atoms with Gasteiger partial charge in [-0.2, -0.15) is 0 Å². The van der Waals surface area contributed by atoms with Crippen LogP contribution in [0.25, 0.3) is 0 Å². The van der Waals surface area contributed by atoms with Gasteiger partial charge in [-0.25, -0.2) is 0 Å². The fraction of sp³-hybridized carbons (Fsp3) is 0.800. The maximum absolute atomic E-state index is 5.32. The van der Waals surface area contributed by atoms with Crippen molar-refractivity contribution >= 4 is 23.1 Å². The van der Waals surface area contributed by atoms with Gasteiger partial charge < -0.3 is 10.1 Å². The van der Waals surface area contributed by atoms with E-state index >= 15 is 0 Å². The minimum absolute atomic E-state index is 0.644. The number of hydrogen-bond donors (Lipinski definition) is 1. The molecule has 0 saturated carbocycles. The largest absolute Gasteiger partial charge is 0.381 e. The van der Waals surface area contributed by atoms with Gasteiger partial charge in [-0.15, -0.1) is 10.2 Å². The molecule has 0 aliphatic carbocycles. The van der Waals surface area contributed by atoms with Gasteiger partial charge in [0.25, 0.3) is 0 Å². The van der Waals surface area contributed by atoms with Crippen LogP contribution >= 0.6 is 23.1 Å². The first-order chi connectivity index (χ1) is 7.84. The Hall–Kier alpha value is -0.170.